The summed E-state index contributed by atoms with van der Waals surface area (Å²) in [6.07, 6.45) is 0. The van der Waals surface area contributed by atoms with Crippen LogP contribution in [-0.2, 0) is 9.59 Å². The zero-order valence-corrected chi connectivity index (χ0v) is 18.0. The molecule has 0 fully saturated rings. The highest BCUT2D eigenvalue weighted by atomic mass is 19.1. The largest absolute Gasteiger partial charge is 0.504 e. The van der Waals surface area contributed by atoms with Crippen LogP contribution in [0.5, 0.6) is 17.2 Å². The first kappa shape index (κ1) is 22.8. The Morgan fingerprint density at radius 1 is 1.00 bits per heavy atom. The zero-order valence-electron chi connectivity index (χ0n) is 18.0. The van der Waals surface area contributed by atoms with E-state index in [-0.39, 0.29) is 28.7 Å². The minimum absolute atomic E-state index is 0.0915. The lowest BCUT2D eigenvalue weighted by Gasteiger charge is -2.19. The van der Waals surface area contributed by atoms with E-state index in [1.54, 1.807) is 44.2 Å². The van der Waals surface area contributed by atoms with E-state index in [4.69, 9.17) is 15.2 Å². The van der Waals surface area contributed by atoms with Gasteiger partial charge in [0, 0.05) is 5.56 Å². The highest BCUT2D eigenvalue weighted by Crippen LogP contribution is 2.36. The number of halogens is 1. The summed E-state index contributed by atoms with van der Waals surface area (Å²) in [6.45, 7) is 3.39. The van der Waals surface area contributed by atoms with Gasteiger partial charge < -0.3 is 20.3 Å². The molecule has 0 aliphatic rings. The van der Waals surface area contributed by atoms with Gasteiger partial charge in [-0.2, -0.15) is 0 Å². The number of phenols is 1. The van der Waals surface area contributed by atoms with E-state index < -0.39 is 23.6 Å². The molecular formula is C25H24FNO5. The third-order valence-corrected chi connectivity index (χ3v) is 4.96. The van der Waals surface area contributed by atoms with Crippen LogP contribution in [0.2, 0.25) is 0 Å². The van der Waals surface area contributed by atoms with Gasteiger partial charge in [-0.3, -0.25) is 9.59 Å². The second kappa shape index (κ2) is 9.51. The molecule has 1 amide bonds. The number of benzene rings is 3. The molecule has 166 valence electrons. The summed E-state index contributed by atoms with van der Waals surface area (Å²) in [5.74, 6) is -2.72. The third-order valence-electron chi connectivity index (χ3n) is 4.96. The highest BCUT2D eigenvalue weighted by molar-refractivity contribution is 5.87. The molecule has 3 rings (SSSR count). The number of amides is 1. The van der Waals surface area contributed by atoms with Crippen molar-refractivity contribution in [3.8, 4) is 28.4 Å². The first-order chi connectivity index (χ1) is 15.2. The number of carbonyl (C=O) groups is 2. The minimum atomic E-state index is -0.965. The van der Waals surface area contributed by atoms with Gasteiger partial charge in [-0.1, -0.05) is 38.1 Å². The SMILES string of the molecule is COc1cc(C(C(N)=O)c2cc(OC(=O)C(C)C)cc(-c3ccccc3F)c2)ccc1O. The van der Waals surface area contributed by atoms with Crippen LogP contribution in [0.3, 0.4) is 0 Å². The third kappa shape index (κ3) is 4.88. The molecule has 32 heavy (non-hydrogen) atoms. The summed E-state index contributed by atoms with van der Waals surface area (Å²) >= 11 is 0. The topological polar surface area (TPSA) is 98.9 Å². The van der Waals surface area contributed by atoms with Crippen molar-refractivity contribution in [2.75, 3.05) is 7.11 Å². The van der Waals surface area contributed by atoms with Gasteiger partial charge in [0.1, 0.15) is 11.6 Å². The molecule has 3 N–H and O–H groups in total. The first-order valence-electron chi connectivity index (χ1n) is 9.99. The van der Waals surface area contributed by atoms with Crippen LogP contribution in [0, 0.1) is 11.7 Å². The lowest BCUT2D eigenvalue weighted by atomic mass is 9.88. The van der Waals surface area contributed by atoms with E-state index in [0.29, 0.717) is 16.7 Å². The molecule has 6 nitrogen and oxygen atoms in total. The van der Waals surface area contributed by atoms with Gasteiger partial charge in [0.05, 0.1) is 18.9 Å². The normalized spacial score (nSPS) is 11.8. The smallest absolute Gasteiger partial charge is 0.313 e. The van der Waals surface area contributed by atoms with Gasteiger partial charge in [0.15, 0.2) is 11.5 Å². The molecule has 0 saturated heterocycles. The number of methoxy groups -OCH3 is 1. The molecule has 0 bridgehead atoms. The Morgan fingerprint density at radius 3 is 2.34 bits per heavy atom. The number of phenolic OH excluding ortho intramolecular Hbond substituents is 1. The number of nitrogens with two attached hydrogens (primary N) is 1. The first-order valence-corrected chi connectivity index (χ1v) is 9.99. The molecule has 1 unspecified atom stereocenters. The number of hydrogen-bond acceptors (Lipinski definition) is 5. The van der Waals surface area contributed by atoms with Gasteiger partial charge in [0.2, 0.25) is 5.91 Å². The van der Waals surface area contributed by atoms with E-state index in [1.807, 2.05) is 0 Å². The summed E-state index contributed by atoms with van der Waals surface area (Å²) in [5.41, 5.74) is 7.28. The van der Waals surface area contributed by atoms with Crippen molar-refractivity contribution in [2.24, 2.45) is 11.7 Å². The zero-order chi connectivity index (χ0) is 23.4. The molecule has 0 aliphatic carbocycles. The number of esters is 1. The number of ether oxygens (including phenoxy) is 2. The van der Waals surface area contributed by atoms with Crippen molar-refractivity contribution < 1.29 is 28.6 Å². The predicted molar refractivity (Wildman–Crippen MR) is 118 cm³/mol. The summed E-state index contributed by atoms with van der Waals surface area (Å²) in [4.78, 5) is 24.7. The van der Waals surface area contributed by atoms with Gasteiger partial charge in [0.25, 0.3) is 0 Å². The fourth-order valence-corrected chi connectivity index (χ4v) is 3.33. The van der Waals surface area contributed by atoms with Gasteiger partial charge in [-0.25, -0.2) is 4.39 Å². The van der Waals surface area contributed by atoms with E-state index in [0.717, 1.165) is 0 Å². The molecule has 0 aliphatic heterocycles. The summed E-state index contributed by atoms with van der Waals surface area (Å²) in [7, 11) is 1.39. The molecule has 3 aromatic carbocycles. The molecule has 7 heteroatoms. The van der Waals surface area contributed by atoms with Crippen LogP contribution < -0.4 is 15.2 Å². The quantitative estimate of drug-likeness (QED) is 0.422. The second-order valence-corrected chi connectivity index (χ2v) is 7.61. The second-order valence-electron chi connectivity index (χ2n) is 7.61. The van der Waals surface area contributed by atoms with E-state index in [9.17, 15) is 19.1 Å². The fourth-order valence-electron chi connectivity index (χ4n) is 3.33. The average Bonchev–Trinajstić information content (AvgIpc) is 2.75. The molecule has 0 radical (unpaired) electrons. The summed E-state index contributed by atoms with van der Waals surface area (Å²) in [6, 6.07) is 15.3. The highest BCUT2D eigenvalue weighted by Gasteiger charge is 2.24. The van der Waals surface area contributed by atoms with Crippen molar-refractivity contribution in [1.82, 2.24) is 0 Å². The molecule has 0 spiro atoms. The molecule has 0 heterocycles. The summed E-state index contributed by atoms with van der Waals surface area (Å²) in [5, 5.41) is 9.90. The maximum absolute atomic E-state index is 14.5. The molecule has 0 aromatic heterocycles. The van der Waals surface area contributed by atoms with Crippen molar-refractivity contribution in [3.05, 3.63) is 77.6 Å². The van der Waals surface area contributed by atoms with Crippen LogP contribution in [0.1, 0.15) is 30.9 Å². The van der Waals surface area contributed by atoms with Crippen molar-refractivity contribution in [3.63, 3.8) is 0 Å². The lowest BCUT2D eigenvalue weighted by Crippen LogP contribution is -2.23. The predicted octanol–water partition coefficient (Wildman–Crippen LogP) is 4.39. The van der Waals surface area contributed by atoms with Crippen LogP contribution in [0.25, 0.3) is 11.1 Å². The van der Waals surface area contributed by atoms with Crippen LogP contribution in [0.15, 0.2) is 60.7 Å². The Hall–Kier alpha value is -3.87. The van der Waals surface area contributed by atoms with Crippen LogP contribution in [0.4, 0.5) is 4.39 Å². The van der Waals surface area contributed by atoms with E-state index in [2.05, 4.69) is 0 Å². The number of hydrogen-bond donors (Lipinski definition) is 2. The lowest BCUT2D eigenvalue weighted by molar-refractivity contribution is -0.137. The molecule has 1 atom stereocenters. The minimum Gasteiger partial charge on any atom is -0.504 e. The van der Waals surface area contributed by atoms with E-state index >= 15 is 0 Å². The standard InChI is InChI=1S/C25H24FNO5/c1-14(2)25(30)32-18-11-16(19-6-4-5-7-20(19)26)10-17(12-18)23(24(27)29)15-8-9-21(28)22(13-15)31-3/h4-14,23,28H,1-3H3,(H2,27,29). The van der Waals surface area contributed by atoms with Crippen molar-refractivity contribution in [2.45, 2.75) is 19.8 Å². The van der Waals surface area contributed by atoms with Gasteiger partial charge in [-0.15, -0.1) is 0 Å². The number of primary amides is 1. The van der Waals surface area contributed by atoms with Crippen LogP contribution in [-0.4, -0.2) is 24.1 Å². The van der Waals surface area contributed by atoms with E-state index in [1.165, 1.54) is 37.4 Å². The summed E-state index contributed by atoms with van der Waals surface area (Å²) < 4.78 is 25.1. The van der Waals surface area contributed by atoms with Gasteiger partial charge >= 0.3 is 5.97 Å². The Morgan fingerprint density at radius 2 is 1.72 bits per heavy atom. The fraction of sp³-hybridized carbons (Fsp3) is 0.200. The van der Waals surface area contributed by atoms with Crippen molar-refractivity contribution in [1.29, 1.82) is 0 Å². The number of aromatic hydroxyl groups is 1. The Balaban J connectivity index is 2.20. The molecular weight excluding hydrogens is 413 g/mol. The Kier molecular flexibility index (Phi) is 6.78. The molecule has 0 saturated carbocycles. The monoisotopic (exact) mass is 437 g/mol. The number of carbonyl (C=O) groups excluding carboxylic acids is 2. The maximum Gasteiger partial charge on any atom is 0.313 e. The number of rotatable bonds is 7. The van der Waals surface area contributed by atoms with Crippen molar-refractivity contribution >= 4 is 11.9 Å². The Bertz CT molecular complexity index is 1160. The van der Waals surface area contributed by atoms with Gasteiger partial charge in [-0.05, 0) is 53.1 Å². The Labute approximate surface area is 185 Å². The maximum atomic E-state index is 14.5. The van der Waals surface area contributed by atoms with Crippen LogP contribution >= 0.6 is 0 Å². The molecule has 3 aromatic rings. The average molecular weight is 437 g/mol.